The first kappa shape index (κ1) is 15.9. The first-order valence-corrected chi connectivity index (χ1v) is 8.40. The molecule has 1 aliphatic heterocycles. The molecule has 0 saturated carbocycles. The molecule has 0 bridgehead atoms. The molecule has 0 unspecified atom stereocenters. The molecule has 2 aromatic rings. The van der Waals surface area contributed by atoms with Crippen molar-refractivity contribution in [1.82, 2.24) is 15.0 Å². The summed E-state index contributed by atoms with van der Waals surface area (Å²) in [5.74, 6) is 1.88. The van der Waals surface area contributed by atoms with Gasteiger partial charge in [-0.25, -0.2) is 9.97 Å². The average Bonchev–Trinajstić information content (AvgIpc) is 2.56. The van der Waals surface area contributed by atoms with Gasteiger partial charge in [0.1, 0.15) is 18.0 Å². The van der Waals surface area contributed by atoms with E-state index in [9.17, 15) is 4.79 Å². The quantitative estimate of drug-likeness (QED) is 0.891. The van der Waals surface area contributed by atoms with Crippen molar-refractivity contribution in [2.24, 2.45) is 5.92 Å². The Morgan fingerprint density at radius 3 is 2.78 bits per heavy atom. The minimum Gasteiger partial charge on any atom is -0.356 e. The van der Waals surface area contributed by atoms with E-state index in [2.05, 4.69) is 48.0 Å². The standard InChI is InChI=1S/C16H18BrN5O/c1-11-2-4-22(5-3-11)15-7-14(19-10-20-15)21-16(23)12-6-13(17)9-18-8-12/h6-11H,2-5H2,1H3,(H,19,20,21,23). The minimum absolute atomic E-state index is 0.240. The van der Waals surface area contributed by atoms with Gasteiger partial charge >= 0.3 is 0 Å². The van der Waals surface area contributed by atoms with Gasteiger partial charge in [0, 0.05) is 36.0 Å². The Kier molecular flexibility index (Phi) is 4.85. The molecule has 1 N–H and O–H groups in total. The van der Waals surface area contributed by atoms with E-state index in [-0.39, 0.29) is 5.91 Å². The topological polar surface area (TPSA) is 71.0 Å². The number of pyridine rings is 1. The first-order valence-electron chi connectivity index (χ1n) is 7.61. The van der Waals surface area contributed by atoms with E-state index in [1.807, 2.05) is 6.07 Å². The second-order valence-electron chi connectivity index (χ2n) is 5.78. The molecule has 7 heteroatoms. The Balaban J connectivity index is 1.71. The molecule has 3 rings (SSSR count). The summed E-state index contributed by atoms with van der Waals surface area (Å²) in [5, 5.41) is 2.80. The number of carbonyl (C=O) groups is 1. The van der Waals surface area contributed by atoms with Gasteiger partial charge in [-0.15, -0.1) is 0 Å². The summed E-state index contributed by atoms with van der Waals surface area (Å²) in [6.07, 6.45) is 6.97. The van der Waals surface area contributed by atoms with Gasteiger partial charge in [0.05, 0.1) is 5.56 Å². The number of aromatic nitrogens is 3. The van der Waals surface area contributed by atoms with Gasteiger partial charge in [0.15, 0.2) is 0 Å². The van der Waals surface area contributed by atoms with Crippen LogP contribution in [0, 0.1) is 5.92 Å². The highest BCUT2D eigenvalue weighted by molar-refractivity contribution is 9.10. The highest BCUT2D eigenvalue weighted by Gasteiger charge is 2.17. The van der Waals surface area contributed by atoms with E-state index in [0.717, 1.165) is 42.1 Å². The third-order valence-corrected chi connectivity index (χ3v) is 4.40. The van der Waals surface area contributed by atoms with Crippen LogP contribution in [0.15, 0.2) is 35.3 Å². The molecule has 2 aromatic heterocycles. The molecular formula is C16H18BrN5O. The van der Waals surface area contributed by atoms with Crippen molar-refractivity contribution in [1.29, 1.82) is 0 Å². The number of carbonyl (C=O) groups excluding carboxylic acids is 1. The molecule has 3 heterocycles. The number of nitrogens with zero attached hydrogens (tertiary/aromatic N) is 4. The summed E-state index contributed by atoms with van der Waals surface area (Å²) < 4.78 is 0.760. The lowest BCUT2D eigenvalue weighted by Crippen LogP contribution is -2.33. The molecule has 120 valence electrons. The molecule has 23 heavy (non-hydrogen) atoms. The molecule has 0 aliphatic carbocycles. The molecular weight excluding hydrogens is 358 g/mol. The molecule has 1 fully saturated rings. The van der Waals surface area contributed by atoms with Gasteiger partial charge in [-0.1, -0.05) is 6.92 Å². The Labute approximate surface area is 143 Å². The van der Waals surface area contributed by atoms with Gasteiger partial charge in [0.25, 0.3) is 5.91 Å². The Bertz CT molecular complexity index is 700. The van der Waals surface area contributed by atoms with Gasteiger partial charge in [-0.3, -0.25) is 9.78 Å². The van der Waals surface area contributed by atoms with E-state index in [1.54, 1.807) is 12.3 Å². The fourth-order valence-electron chi connectivity index (χ4n) is 2.55. The number of piperidine rings is 1. The van der Waals surface area contributed by atoms with Crippen molar-refractivity contribution in [2.75, 3.05) is 23.3 Å². The lowest BCUT2D eigenvalue weighted by atomic mass is 9.99. The fraction of sp³-hybridized carbons (Fsp3) is 0.375. The van der Waals surface area contributed by atoms with Crippen LogP contribution in [0.25, 0.3) is 0 Å². The summed E-state index contributed by atoms with van der Waals surface area (Å²) in [7, 11) is 0. The monoisotopic (exact) mass is 375 g/mol. The largest absolute Gasteiger partial charge is 0.356 e. The van der Waals surface area contributed by atoms with E-state index in [4.69, 9.17) is 0 Å². The van der Waals surface area contributed by atoms with Crippen LogP contribution in [0.4, 0.5) is 11.6 Å². The molecule has 0 atom stereocenters. The van der Waals surface area contributed by atoms with Crippen LogP contribution in [-0.4, -0.2) is 33.9 Å². The zero-order chi connectivity index (χ0) is 16.2. The maximum Gasteiger partial charge on any atom is 0.258 e. The normalized spacial score (nSPS) is 15.5. The predicted molar refractivity (Wildman–Crippen MR) is 92.5 cm³/mol. The fourth-order valence-corrected chi connectivity index (χ4v) is 2.92. The highest BCUT2D eigenvalue weighted by Crippen LogP contribution is 2.22. The molecule has 0 radical (unpaired) electrons. The number of anilines is 2. The van der Waals surface area contributed by atoms with Gasteiger partial charge in [0.2, 0.25) is 0 Å². The number of halogens is 1. The lowest BCUT2D eigenvalue weighted by Gasteiger charge is -2.31. The zero-order valence-electron chi connectivity index (χ0n) is 12.9. The first-order chi connectivity index (χ1) is 11.1. The number of hydrogen-bond donors (Lipinski definition) is 1. The van der Waals surface area contributed by atoms with E-state index < -0.39 is 0 Å². The van der Waals surface area contributed by atoms with E-state index >= 15 is 0 Å². The van der Waals surface area contributed by atoms with Crippen molar-refractivity contribution < 1.29 is 4.79 Å². The Morgan fingerprint density at radius 1 is 1.26 bits per heavy atom. The predicted octanol–water partition coefficient (Wildman–Crippen LogP) is 3.12. The number of rotatable bonds is 3. The summed E-state index contributed by atoms with van der Waals surface area (Å²) in [5.41, 5.74) is 0.478. The van der Waals surface area contributed by atoms with E-state index in [1.165, 1.54) is 12.5 Å². The molecule has 1 saturated heterocycles. The van der Waals surface area contributed by atoms with Crippen molar-refractivity contribution in [3.05, 3.63) is 40.9 Å². The van der Waals surface area contributed by atoms with Gasteiger partial charge in [-0.05, 0) is 40.8 Å². The third-order valence-electron chi connectivity index (χ3n) is 3.97. The Morgan fingerprint density at radius 2 is 2.04 bits per heavy atom. The van der Waals surface area contributed by atoms with Crippen molar-refractivity contribution >= 4 is 33.5 Å². The summed E-state index contributed by atoms with van der Waals surface area (Å²) in [6.45, 7) is 4.25. The molecule has 0 spiro atoms. The third kappa shape index (κ3) is 4.04. The van der Waals surface area contributed by atoms with Crippen LogP contribution in [-0.2, 0) is 0 Å². The smallest absolute Gasteiger partial charge is 0.258 e. The Hall–Kier alpha value is -2.02. The van der Waals surface area contributed by atoms with Gasteiger partial charge in [-0.2, -0.15) is 0 Å². The summed E-state index contributed by atoms with van der Waals surface area (Å²) in [6, 6.07) is 3.54. The molecule has 1 aliphatic rings. The van der Waals surface area contributed by atoms with Gasteiger partial charge < -0.3 is 10.2 Å². The van der Waals surface area contributed by atoms with E-state index in [0.29, 0.717) is 11.4 Å². The van der Waals surface area contributed by atoms with Crippen LogP contribution in [0.5, 0.6) is 0 Å². The second-order valence-corrected chi connectivity index (χ2v) is 6.69. The van der Waals surface area contributed by atoms with Crippen LogP contribution >= 0.6 is 15.9 Å². The van der Waals surface area contributed by atoms with Crippen molar-refractivity contribution in [3.63, 3.8) is 0 Å². The van der Waals surface area contributed by atoms with Crippen molar-refractivity contribution in [2.45, 2.75) is 19.8 Å². The lowest BCUT2D eigenvalue weighted by molar-refractivity contribution is 0.102. The highest BCUT2D eigenvalue weighted by atomic mass is 79.9. The summed E-state index contributed by atoms with van der Waals surface area (Å²) >= 11 is 3.31. The minimum atomic E-state index is -0.240. The zero-order valence-corrected chi connectivity index (χ0v) is 14.5. The number of nitrogens with one attached hydrogen (secondary N) is 1. The second kappa shape index (κ2) is 7.04. The molecule has 6 nitrogen and oxygen atoms in total. The van der Waals surface area contributed by atoms with Crippen LogP contribution in [0.3, 0.4) is 0 Å². The number of amides is 1. The average molecular weight is 376 g/mol. The molecule has 0 aromatic carbocycles. The van der Waals surface area contributed by atoms with Crippen molar-refractivity contribution in [3.8, 4) is 0 Å². The van der Waals surface area contributed by atoms with Crippen LogP contribution in [0.2, 0.25) is 0 Å². The maximum atomic E-state index is 12.3. The SMILES string of the molecule is CC1CCN(c2cc(NC(=O)c3cncc(Br)c3)ncn2)CC1. The van der Waals surface area contributed by atoms with Crippen LogP contribution < -0.4 is 10.2 Å². The maximum absolute atomic E-state index is 12.3. The number of hydrogen-bond acceptors (Lipinski definition) is 5. The summed E-state index contributed by atoms with van der Waals surface area (Å²) in [4.78, 5) is 26.9. The van der Waals surface area contributed by atoms with Crippen LogP contribution in [0.1, 0.15) is 30.1 Å². The molecule has 1 amide bonds.